The quantitative estimate of drug-likeness (QED) is 0.0264. The molecule has 1 amide bonds. The molecule has 0 radical (unpaired) electrons. The normalized spacial score (nSPS) is 10.4. The number of hydrogen-bond donors (Lipinski definition) is 5. The Bertz CT molecular complexity index is 5850. The number of fused-ring (bicyclic) bond motifs is 4. The van der Waals surface area contributed by atoms with Gasteiger partial charge < -0.3 is 69.7 Å². The molecular weight excluding hydrogens is 1500 g/mol. The van der Waals surface area contributed by atoms with Crippen LogP contribution in [0.25, 0.3) is 63.0 Å². The number of pyridine rings is 4. The summed E-state index contributed by atoms with van der Waals surface area (Å²) in [5.41, 5.74) is 20.1. The largest absolute Gasteiger partial charge is 0.497 e. The molecule has 0 spiro atoms. The topological polar surface area (TPSA) is 245 Å². The molecule has 0 bridgehead atoms. The van der Waals surface area contributed by atoms with Crippen LogP contribution < -0.4 is 60.2 Å². The third-order valence-corrected chi connectivity index (χ3v) is 19.1. The summed E-state index contributed by atoms with van der Waals surface area (Å²) in [7, 11) is 18.2. The van der Waals surface area contributed by atoms with E-state index in [-0.39, 0.29) is 24.7 Å². The summed E-state index contributed by atoms with van der Waals surface area (Å²) in [6.45, 7) is 45.4. The summed E-state index contributed by atoms with van der Waals surface area (Å²) in [4.78, 5) is 75.4. The van der Waals surface area contributed by atoms with Crippen molar-refractivity contribution in [2.75, 3.05) is 125 Å². The molecular formula is C91H95ClN16O9. The fourth-order valence-corrected chi connectivity index (χ4v) is 13.3. The van der Waals surface area contributed by atoms with Crippen LogP contribution in [0.2, 0.25) is 5.02 Å². The molecule has 4 aromatic heterocycles. The van der Waals surface area contributed by atoms with Crippen LogP contribution in [0.15, 0.2) is 152 Å². The molecule has 12 rings (SSSR count). The Morgan fingerprint density at radius 2 is 0.786 bits per heavy atom. The zero-order chi connectivity index (χ0) is 84.7. The standard InChI is InChI=1S/C24H24N4O4.C24H26N4O3.C22H23ClN4O.C21H22N4O/c1-6-32-24(30)19-13-27-23-18(10-17(25-4)11-20(23)28-15(3)29)22(19)26-12-16-7-8-21(31-5)14(2)9-16;1-7-31-24(29)19-14-27-23-18(11-17(25-3)12-20(23)28(4)5)22(19)26-13-16-8-9-21(30-6)15(2)10-16;1-6-15-13-26-22-17(10-16(24-2)11-19(22)27(3)4)21(15)25-12-14-7-8-20(28-5)18(23)9-14;1-14-12-23-21-18(10-16(22-2)11-19(21)25(3)4)20(14)24-13-15-6-8-17(26-5)9-7-15/h7-11,13H,6,12H2,1-3,5H3,(H,26,27)(H,28,29);8-12,14H,7,13H2,1-2,4-6H3,(H,26,27);7-11,13H,6,12H2,1,3-5H3,(H,25,26);6-12H,13H2,1,3-5H3,(H,23,24). The maximum absolute atomic E-state index is 12.6. The Balaban J connectivity index is 0.000000179. The highest BCUT2D eigenvalue weighted by Crippen LogP contribution is 2.42. The van der Waals surface area contributed by atoms with Gasteiger partial charge in [-0.25, -0.2) is 29.0 Å². The molecule has 0 saturated carbocycles. The summed E-state index contributed by atoms with van der Waals surface area (Å²) in [5.74, 6) is 1.85. The Labute approximate surface area is 688 Å². The van der Waals surface area contributed by atoms with Crippen molar-refractivity contribution in [1.29, 1.82) is 0 Å². The first-order valence-corrected chi connectivity index (χ1v) is 37.8. The van der Waals surface area contributed by atoms with Crippen molar-refractivity contribution < 1.29 is 42.8 Å². The molecule has 4 heterocycles. The number of rotatable bonds is 25. The van der Waals surface area contributed by atoms with Gasteiger partial charge in [0.15, 0.2) is 22.7 Å². The van der Waals surface area contributed by atoms with Crippen LogP contribution in [-0.2, 0) is 46.9 Å². The van der Waals surface area contributed by atoms with Crippen molar-refractivity contribution in [2.45, 2.75) is 81.1 Å². The molecule has 0 unspecified atom stereocenters. The highest BCUT2D eigenvalue weighted by molar-refractivity contribution is 6.32. The number of esters is 2. The van der Waals surface area contributed by atoms with Gasteiger partial charge in [0.1, 0.15) is 34.1 Å². The van der Waals surface area contributed by atoms with E-state index in [4.69, 9.17) is 66.3 Å². The number of hydrogen-bond acceptors (Lipinski definition) is 20. The molecule has 0 fully saturated rings. The predicted octanol–water partition coefficient (Wildman–Crippen LogP) is 20.3. The lowest BCUT2D eigenvalue weighted by Crippen LogP contribution is -2.13. The Morgan fingerprint density at radius 1 is 0.419 bits per heavy atom. The van der Waals surface area contributed by atoms with E-state index >= 15 is 0 Å². The molecule has 0 aliphatic rings. The highest BCUT2D eigenvalue weighted by Gasteiger charge is 2.24. The van der Waals surface area contributed by atoms with Gasteiger partial charge in [-0.05, 0) is 170 Å². The number of nitrogens with one attached hydrogen (secondary N) is 5. The smallest absolute Gasteiger partial charge is 0.341 e. The van der Waals surface area contributed by atoms with Crippen LogP contribution >= 0.6 is 11.6 Å². The molecule has 0 aliphatic carbocycles. The number of methoxy groups -OCH3 is 4. The molecule has 600 valence electrons. The predicted molar refractivity (Wildman–Crippen MR) is 471 cm³/mol. The van der Waals surface area contributed by atoms with E-state index in [1.165, 1.54) is 19.3 Å². The maximum atomic E-state index is 12.6. The summed E-state index contributed by atoms with van der Waals surface area (Å²) in [5, 5.41) is 20.2. The minimum atomic E-state index is -0.524. The van der Waals surface area contributed by atoms with Crippen molar-refractivity contribution >= 4 is 141 Å². The van der Waals surface area contributed by atoms with Crippen molar-refractivity contribution in [3.05, 3.63) is 259 Å². The van der Waals surface area contributed by atoms with Gasteiger partial charge in [0.25, 0.3) is 0 Å². The second-order valence-corrected chi connectivity index (χ2v) is 27.9. The maximum Gasteiger partial charge on any atom is 0.341 e. The number of benzene rings is 8. The van der Waals surface area contributed by atoms with Gasteiger partial charge in [-0.3, -0.25) is 24.7 Å². The van der Waals surface area contributed by atoms with E-state index in [1.807, 2.05) is 193 Å². The monoisotopic (exact) mass is 1590 g/mol. The SMILES string of the molecule is [C-]#[N+]c1cc(N(C)C)c2ncc(C(=O)OCC)c(NCc3ccc(OC)c(C)c3)c2c1.[C-]#[N+]c1cc(N(C)C)c2ncc(C)c(NCc3ccc(OC)cc3)c2c1.[C-]#[N+]c1cc(N(C)C)c2ncc(CC)c(NCc3ccc(OC)c(Cl)c3)c2c1.[C-]#[N+]c1cc(NC(C)=O)c2ncc(C(=O)OCC)c(NCc3ccc(OC)c(C)c3)c2c1. The van der Waals surface area contributed by atoms with Gasteiger partial charge in [0, 0.05) is 133 Å². The first kappa shape index (κ1) is 86.8. The van der Waals surface area contributed by atoms with Crippen LogP contribution in [0.1, 0.15) is 92.9 Å². The second-order valence-electron chi connectivity index (χ2n) is 27.5. The summed E-state index contributed by atoms with van der Waals surface area (Å²) >= 11 is 6.26. The van der Waals surface area contributed by atoms with E-state index in [1.54, 1.807) is 66.6 Å². The van der Waals surface area contributed by atoms with E-state index < -0.39 is 11.9 Å². The van der Waals surface area contributed by atoms with Crippen LogP contribution in [0, 0.1) is 47.1 Å². The van der Waals surface area contributed by atoms with Crippen molar-refractivity contribution in [3.8, 4) is 23.0 Å². The van der Waals surface area contributed by atoms with Gasteiger partial charge in [-0.2, -0.15) is 0 Å². The number of amides is 1. The van der Waals surface area contributed by atoms with E-state index in [2.05, 4.69) is 72.8 Å². The van der Waals surface area contributed by atoms with Crippen LogP contribution in [0.3, 0.4) is 0 Å². The first-order chi connectivity index (χ1) is 56.3. The number of aromatic nitrogens is 4. The molecule has 8 aromatic carbocycles. The molecule has 26 heteroatoms. The molecule has 117 heavy (non-hydrogen) atoms. The van der Waals surface area contributed by atoms with E-state index in [0.717, 1.165) is 118 Å². The number of nitrogens with zero attached hydrogens (tertiary/aromatic N) is 11. The van der Waals surface area contributed by atoms with Crippen molar-refractivity contribution in [2.24, 2.45) is 0 Å². The zero-order valence-electron chi connectivity index (χ0n) is 68.9. The van der Waals surface area contributed by atoms with E-state index in [0.29, 0.717) is 104 Å². The molecule has 25 nitrogen and oxygen atoms in total. The van der Waals surface area contributed by atoms with Crippen LogP contribution in [0.4, 0.5) is 68.2 Å². The highest BCUT2D eigenvalue weighted by atomic mass is 35.5. The fraction of sp³-hybridized carbons (Fsp3) is 0.264. The summed E-state index contributed by atoms with van der Waals surface area (Å²) in [6.07, 6.45) is 7.59. The number of halogens is 1. The average Bonchev–Trinajstić information content (AvgIpc) is 0.783. The van der Waals surface area contributed by atoms with Crippen LogP contribution in [-0.4, -0.2) is 122 Å². The Hall–Kier alpha value is -14.1. The van der Waals surface area contributed by atoms with Crippen LogP contribution in [0.5, 0.6) is 23.0 Å². The van der Waals surface area contributed by atoms with E-state index in [9.17, 15) is 14.4 Å². The first-order valence-electron chi connectivity index (χ1n) is 37.4. The molecule has 0 atom stereocenters. The molecule has 5 N–H and O–H groups in total. The van der Waals surface area contributed by atoms with Gasteiger partial charge in [-0.15, -0.1) is 0 Å². The second kappa shape index (κ2) is 40.5. The van der Waals surface area contributed by atoms with Gasteiger partial charge in [0.05, 0.1) is 129 Å². The third kappa shape index (κ3) is 21.2. The summed E-state index contributed by atoms with van der Waals surface area (Å²) < 4.78 is 31.5. The van der Waals surface area contributed by atoms with Gasteiger partial charge in [0.2, 0.25) is 5.91 Å². The van der Waals surface area contributed by atoms with Gasteiger partial charge in [-0.1, -0.05) is 61.0 Å². The average molecular weight is 1590 g/mol. The molecule has 0 aliphatic heterocycles. The number of carbonyl (C=O) groups excluding carboxylic acids is 3. The minimum Gasteiger partial charge on any atom is -0.497 e. The lowest BCUT2D eigenvalue weighted by Gasteiger charge is -2.19. The fourth-order valence-electron chi connectivity index (χ4n) is 13.0. The number of anilines is 8. The third-order valence-electron chi connectivity index (χ3n) is 18.8. The Kier molecular flexibility index (Phi) is 30.1. The number of aryl methyl sites for hydroxylation is 4. The van der Waals surface area contributed by atoms with Crippen molar-refractivity contribution in [3.63, 3.8) is 0 Å². The molecule has 12 aromatic rings. The number of ether oxygens (including phenoxy) is 6. The minimum absolute atomic E-state index is 0.215. The summed E-state index contributed by atoms with van der Waals surface area (Å²) in [6, 6.07) is 39.8. The lowest BCUT2D eigenvalue weighted by molar-refractivity contribution is -0.114. The molecule has 0 saturated heterocycles. The lowest BCUT2D eigenvalue weighted by atomic mass is 10.0. The van der Waals surface area contributed by atoms with Gasteiger partial charge >= 0.3 is 11.9 Å². The number of carbonyl (C=O) groups is 3. The Morgan fingerprint density at radius 3 is 1.19 bits per heavy atom. The zero-order valence-corrected chi connectivity index (χ0v) is 69.6. The van der Waals surface area contributed by atoms with Crippen molar-refractivity contribution in [1.82, 2.24) is 19.9 Å².